The van der Waals surface area contributed by atoms with E-state index in [2.05, 4.69) is 30.3 Å². The SMILES string of the molecule is [2H]c1c([2H])c([2H])c(-c2c([2H])c([2H])c(N(c3ccc(-c4cccc(-c5cccc6ccccc56)c4)cc3)c3c([2H])c([2H])c(-c4cccc(-c5ccccc5)c4)c([2H])c3[2H])c([2H])c2[2H])c([2H])c1[2H]. The van der Waals surface area contributed by atoms with E-state index in [-0.39, 0.29) is 16.9 Å². The van der Waals surface area contributed by atoms with Gasteiger partial charge in [0.25, 0.3) is 0 Å². The van der Waals surface area contributed by atoms with Gasteiger partial charge in [-0.2, -0.15) is 0 Å². The normalized spacial score (nSPS) is 14.5. The van der Waals surface area contributed by atoms with Crippen LogP contribution in [-0.2, 0) is 0 Å². The summed E-state index contributed by atoms with van der Waals surface area (Å²) in [4.78, 5) is 1.17. The highest BCUT2D eigenvalue weighted by Gasteiger charge is 2.14. The van der Waals surface area contributed by atoms with Crippen LogP contribution in [0.3, 0.4) is 0 Å². The molecule has 9 aromatic rings. The fraction of sp³-hybridized carbons (Fsp3) is 0. The van der Waals surface area contributed by atoms with E-state index in [1.54, 1.807) is 42.5 Å². The Morgan fingerprint density at radius 3 is 1.45 bits per heavy atom. The van der Waals surface area contributed by atoms with E-state index in [1.165, 1.54) is 4.90 Å². The predicted octanol–water partition coefficient (Wildman–Crippen LogP) is 14.6. The van der Waals surface area contributed by atoms with Gasteiger partial charge in [-0.1, -0.05) is 176 Å². The molecule has 0 N–H and O–H groups in total. The quantitative estimate of drug-likeness (QED) is 0.154. The number of hydrogen-bond donors (Lipinski definition) is 0. The van der Waals surface area contributed by atoms with Crippen molar-refractivity contribution in [2.24, 2.45) is 0 Å². The minimum atomic E-state index is -0.735. The summed E-state index contributed by atoms with van der Waals surface area (Å²) in [6.07, 6.45) is 0. The number of benzene rings is 9. The summed E-state index contributed by atoms with van der Waals surface area (Å²) in [5, 5.41) is 2.19. The van der Waals surface area contributed by atoms with Gasteiger partial charge in [-0.25, -0.2) is 0 Å². The number of hydrogen-bond acceptors (Lipinski definition) is 1. The molecule has 53 heavy (non-hydrogen) atoms. The van der Waals surface area contributed by atoms with Crippen molar-refractivity contribution < 1.29 is 17.8 Å². The summed E-state index contributed by atoms with van der Waals surface area (Å²) >= 11 is 0. The highest BCUT2D eigenvalue weighted by molar-refractivity contribution is 5.97. The Labute approximate surface area is 330 Å². The first-order valence-electron chi connectivity index (χ1n) is 23.6. The van der Waals surface area contributed by atoms with E-state index in [1.807, 2.05) is 72.8 Å². The largest absolute Gasteiger partial charge is 0.311 e. The van der Waals surface area contributed by atoms with E-state index in [0.29, 0.717) is 5.56 Å². The fourth-order valence-corrected chi connectivity index (χ4v) is 6.48. The Kier molecular flexibility index (Phi) is 5.62. The smallest absolute Gasteiger partial charge is 0.0645 e. The molecule has 0 aromatic heterocycles. The molecule has 0 atom stereocenters. The predicted molar refractivity (Wildman–Crippen MR) is 226 cm³/mol. The first kappa shape index (κ1) is 20.8. The van der Waals surface area contributed by atoms with Crippen molar-refractivity contribution >= 4 is 27.8 Å². The number of nitrogens with zero attached hydrogens (tertiary/aromatic N) is 1. The van der Waals surface area contributed by atoms with E-state index in [0.717, 1.165) is 44.2 Å². The molecule has 0 amide bonds. The lowest BCUT2D eigenvalue weighted by atomic mass is 9.95. The molecule has 0 unspecified atom stereocenters. The van der Waals surface area contributed by atoms with Gasteiger partial charge in [0.15, 0.2) is 0 Å². The van der Waals surface area contributed by atoms with Gasteiger partial charge in [0.2, 0.25) is 0 Å². The average Bonchev–Trinajstić information content (AvgIpc) is 3.35. The molecule has 0 fully saturated rings. The molecule has 9 rings (SSSR count). The van der Waals surface area contributed by atoms with E-state index in [9.17, 15) is 11.0 Å². The van der Waals surface area contributed by atoms with Crippen molar-refractivity contribution in [1.29, 1.82) is 0 Å². The molecule has 250 valence electrons. The molecule has 0 aliphatic rings. The van der Waals surface area contributed by atoms with E-state index >= 15 is 0 Å². The molecule has 0 bridgehead atoms. The third kappa shape index (κ3) is 6.65. The minimum absolute atomic E-state index is 0.0176. The highest BCUT2D eigenvalue weighted by Crippen LogP contribution is 2.39. The van der Waals surface area contributed by atoms with Crippen LogP contribution in [0.5, 0.6) is 0 Å². The Morgan fingerprint density at radius 2 is 0.774 bits per heavy atom. The standard InChI is InChI=1S/C52H37N/c1-3-12-38(13-4-1)40-24-30-48(31-25-40)53(49-32-26-41(27-33-49)45-19-9-18-44(36-45)39-14-5-2-6-15-39)50-34-28-42(29-35-50)46-20-10-21-47(37-46)52-23-11-17-43-16-7-8-22-51(43)52/h1-37H/i1D,3D,4D,12D,13D,24D,25D,26D,27D,30D,31D,32D,33D. The molecule has 0 saturated heterocycles. The van der Waals surface area contributed by atoms with Crippen molar-refractivity contribution in [3.63, 3.8) is 0 Å². The lowest BCUT2D eigenvalue weighted by Gasteiger charge is -2.26. The summed E-state index contributed by atoms with van der Waals surface area (Å²) in [7, 11) is 0. The highest BCUT2D eigenvalue weighted by atomic mass is 15.1. The molecular formula is C52H37N. The zero-order valence-electron chi connectivity index (χ0n) is 41.3. The van der Waals surface area contributed by atoms with E-state index < -0.39 is 95.4 Å². The number of fused-ring (bicyclic) bond motifs is 1. The van der Waals surface area contributed by atoms with Crippen LogP contribution in [0.2, 0.25) is 0 Å². The van der Waals surface area contributed by atoms with Crippen molar-refractivity contribution in [3.05, 3.63) is 224 Å². The van der Waals surface area contributed by atoms with Crippen LogP contribution >= 0.6 is 0 Å². The molecule has 0 aliphatic carbocycles. The van der Waals surface area contributed by atoms with Crippen molar-refractivity contribution in [3.8, 4) is 55.6 Å². The molecule has 0 saturated carbocycles. The van der Waals surface area contributed by atoms with Gasteiger partial charge < -0.3 is 4.90 Å². The van der Waals surface area contributed by atoms with Crippen LogP contribution in [0.1, 0.15) is 17.8 Å². The van der Waals surface area contributed by atoms with Crippen molar-refractivity contribution in [2.75, 3.05) is 4.90 Å². The summed E-state index contributed by atoms with van der Waals surface area (Å²) in [5.74, 6) is 0. The summed E-state index contributed by atoms with van der Waals surface area (Å²) in [6, 6.07) is 37.4. The van der Waals surface area contributed by atoms with Crippen LogP contribution in [0.15, 0.2) is 224 Å². The van der Waals surface area contributed by atoms with Gasteiger partial charge in [0, 0.05) is 17.1 Å². The van der Waals surface area contributed by atoms with Gasteiger partial charge in [-0.05, 0) is 115 Å². The van der Waals surface area contributed by atoms with Gasteiger partial charge in [-0.15, -0.1) is 0 Å². The Morgan fingerprint density at radius 1 is 0.302 bits per heavy atom. The molecule has 0 spiro atoms. The monoisotopic (exact) mass is 688 g/mol. The zero-order valence-corrected chi connectivity index (χ0v) is 28.3. The second kappa shape index (κ2) is 14.3. The summed E-state index contributed by atoms with van der Waals surface area (Å²) in [6.45, 7) is 0. The Balaban J connectivity index is 1.24. The first-order valence-corrected chi connectivity index (χ1v) is 17.1. The molecule has 1 nitrogen and oxygen atoms in total. The minimum Gasteiger partial charge on any atom is -0.311 e. The molecule has 1 heteroatoms. The summed E-state index contributed by atoms with van der Waals surface area (Å²) < 4.78 is 117. The van der Waals surface area contributed by atoms with Crippen molar-refractivity contribution in [1.82, 2.24) is 0 Å². The van der Waals surface area contributed by atoms with Crippen LogP contribution in [-0.4, -0.2) is 0 Å². The average molecular weight is 689 g/mol. The summed E-state index contributed by atoms with van der Waals surface area (Å²) in [5.41, 5.74) is 4.12. The zero-order chi connectivity index (χ0) is 46.7. The maximum absolute atomic E-state index is 9.50. The Bertz CT molecular complexity index is 3320. The lowest BCUT2D eigenvalue weighted by Crippen LogP contribution is -2.09. The molecule has 0 aliphatic heterocycles. The third-order valence-electron chi connectivity index (χ3n) is 9.10. The maximum atomic E-state index is 9.50. The van der Waals surface area contributed by atoms with Crippen LogP contribution < -0.4 is 4.90 Å². The molecular weight excluding hydrogens is 639 g/mol. The molecule has 0 radical (unpaired) electrons. The first-order chi connectivity index (χ1) is 31.7. The third-order valence-corrected chi connectivity index (χ3v) is 9.10. The van der Waals surface area contributed by atoms with Gasteiger partial charge in [-0.3, -0.25) is 0 Å². The number of rotatable bonds is 8. The van der Waals surface area contributed by atoms with Gasteiger partial charge in [0.1, 0.15) is 0 Å². The lowest BCUT2D eigenvalue weighted by molar-refractivity contribution is 1.28. The van der Waals surface area contributed by atoms with Crippen LogP contribution in [0.4, 0.5) is 17.1 Å². The number of anilines is 3. The second-order valence-electron chi connectivity index (χ2n) is 12.4. The van der Waals surface area contributed by atoms with Gasteiger partial charge >= 0.3 is 0 Å². The molecule has 0 heterocycles. The fourth-order valence-electron chi connectivity index (χ4n) is 6.48. The van der Waals surface area contributed by atoms with Crippen molar-refractivity contribution in [2.45, 2.75) is 0 Å². The van der Waals surface area contributed by atoms with Crippen LogP contribution in [0, 0.1) is 0 Å². The Hall–Kier alpha value is -6.96. The second-order valence-corrected chi connectivity index (χ2v) is 12.4. The van der Waals surface area contributed by atoms with E-state index in [4.69, 9.17) is 6.85 Å². The van der Waals surface area contributed by atoms with Crippen LogP contribution in [0.25, 0.3) is 66.4 Å². The maximum Gasteiger partial charge on any atom is 0.0645 e. The topological polar surface area (TPSA) is 3.24 Å². The van der Waals surface area contributed by atoms with Gasteiger partial charge in [0.05, 0.1) is 17.8 Å². The molecule has 9 aromatic carbocycles.